The lowest BCUT2D eigenvalue weighted by Gasteiger charge is -2.43. The van der Waals surface area contributed by atoms with E-state index in [0.29, 0.717) is 11.9 Å². The molecule has 1 aromatic heterocycles. The molecule has 2 fully saturated rings. The number of hydrogen-bond donors (Lipinski definition) is 2. The molecule has 4 rings (SSSR count). The van der Waals surface area contributed by atoms with Crippen molar-refractivity contribution >= 4 is 17.6 Å². The van der Waals surface area contributed by atoms with E-state index in [9.17, 15) is 0 Å². The highest BCUT2D eigenvalue weighted by atomic mass is 15.3. The van der Waals surface area contributed by atoms with Crippen LogP contribution in [0.1, 0.15) is 18.4 Å². The fourth-order valence-electron chi connectivity index (χ4n) is 4.23. The van der Waals surface area contributed by atoms with Crippen molar-refractivity contribution < 1.29 is 0 Å². The van der Waals surface area contributed by atoms with Crippen LogP contribution in [0.5, 0.6) is 0 Å². The first-order valence-electron chi connectivity index (χ1n) is 9.83. The number of piperazine rings is 1. The lowest BCUT2D eigenvalue weighted by atomic mass is 10.0. The van der Waals surface area contributed by atoms with Crippen molar-refractivity contribution in [3.63, 3.8) is 0 Å². The third-order valence-corrected chi connectivity index (χ3v) is 5.71. The Balaban J connectivity index is 1.26. The van der Waals surface area contributed by atoms with Crippen molar-refractivity contribution in [1.29, 1.82) is 0 Å². The molecule has 27 heavy (non-hydrogen) atoms. The zero-order chi connectivity index (χ0) is 18.6. The Morgan fingerprint density at radius 1 is 0.889 bits per heavy atom. The van der Waals surface area contributed by atoms with E-state index in [4.69, 9.17) is 11.5 Å². The average Bonchev–Trinajstić information content (AvgIpc) is 2.69. The maximum Gasteiger partial charge on any atom is 0.223 e. The van der Waals surface area contributed by atoms with E-state index >= 15 is 0 Å². The van der Waals surface area contributed by atoms with Crippen LogP contribution < -0.4 is 16.4 Å². The molecule has 0 amide bonds. The summed E-state index contributed by atoms with van der Waals surface area (Å²) in [6.45, 7) is 7.47. The summed E-state index contributed by atoms with van der Waals surface area (Å²) in [4.78, 5) is 15.8. The number of aromatic nitrogens is 2. The first-order valence-corrected chi connectivity index (χ1v) is 9.83. The number of nitrogens with zero attached hydrogens (tertiary/aromatic N) is 5. The van der Waals surface area contributed by atoms with E-state index < -0.39 is 0 Å². The van der Waals surface area contributed by atoms with Crippen LogP contribution >= 0.6 is 0 Å². The average molecular weight is 368 g/mol. The van der Waals surface area contributed by atoms with Gasteiger partial charge in [0, 0.05) is 44.8 Å². The predicted octanol–water partition coefficient (Wildman–Crippen LogP) is 1.43. The van der Waals surface area contributed by atoms with E-state index in [1.165, 1.54) is 31.5 Å². The second-order valence-corrected chi connectivity index (χ2v) is 7.53. The first kappa shape index (κ1) is 18.0. The van der Waals surface area contributed by atoms with Crippen LogP contribution in [-0.4, -0.2) is 65.1 Å². The Kier molecular flexibility index (Phi) is 5.40. The Morgan fingerprint density at radius 2 is 1.59 bits per heavy atom. The number of benzene rings is 1. The molecule has 0 bridgehead atoms. The Bertz CT molecular complexity index is 715. The van der Waals surface area contributed by atoms with E-state index in [2.05, 4.69) is 55.0 Å². The van der Waals surface area contributed by atoms with Gasteiger partial charge in [-0.1, -0.05) is 30.3 Å². The number of hydrogen-bond acceptors (Lipinski definition) is 7. The van der Waals surface area contributed by atoms with Gasteiger partial charge in [-0.15, -0.1) is 0 Å². The van der Waals surface area contributed by atoms with Crippen molar-refractivity contribution in [3.05, 3.63) is 42.0 Å². The SMILES string of the molecule is Nc1cc(N2CCN(C3CCN(Cc4ccccc4)CC3)CC2)nc(N)n1. The molecule has 7 nitrogen and oxygen atoms in total. The van der Waals surface area contributed by atoms with E-state index in [1.807, 2.05) is 6.07 Å². The van der Waals surface area contributed by atoms with Crippen LogP contribution in [-0.2, 0) is 6.54 Å². The molecule has 4 N–H and O–H groups in total. The van der Waals surface area contributed by atoms with Crippen LogP contribution in [0.4, 0.5) is 17.6 Å². The summed E-state index contributed by atoms with van der Waals surface area (Å²) < 4.78 is 0. The number of nitrogens with two attached hydrogens (primary N) is 2. The van der Waals surface area contributed by atoms with Crippen LogP contribution in [0.25, 0.3) is 0 Å². The van der Waals surface area contributed by atoms with Gasteiger partial charge in [0.2, 0.25) is 5.95 Å². The molecule has 2 aliphatic heterocycles. The molecule has 0 saturated carbocycles. The Labute approximate surface area is 161 Å². The van der Waals surface area contributed by atoms with E-state index in [1.54, 1.807) is 0 Å². The summed E-state index contributed by atoms with van der Waals surface area (Å²) in [5.41, 5.74) is 13.0. The van der Waals surface area contributed by atoms with Crippen LogP contribution in [0.2, 0.25) is 0 Å². The Hall–Kier alpha value is -2.38. The second-order valence-electron chi connectivity index (χ2n) is 7.53. The van der Waals surface area contributed by atoms with Gasteiger partial charge < -0.3 is 16.4 Å². The lowest BCUT2D eigenvalue weighted by Crippen LogP contribution is -2.53. The highest BCUT2D eigenvalue weighted by Gasteiger charge is 2.28. The third kappa shape index (κ3) is 4.48. The molecule has 0 unspecified atom stereocenters. The molecule has 2 saturated heterocycles. The van der Waals surface area contributed by atoms with Gasteiger partial charge in [-0.25, -0.2) is 0 Å². The molecular formula is C20H29N7. The fraction of sp³-hybridized carbons (Fsp3) is 0.500. The highest BCUT2D eigenvalue weighted by Crippen LogP contribution is 2.22. The normalized spacial score (nSPS) is 20.1. The molecule has 7 heteroatoms. The van der Waals surface area contributed by atoms with Gasteiger partial charge in [0.05, 0.1) is 0 Å². The van der Waals surface area contributed by atoms with Gasteiger partial charge in [0.15, 0.2) is 0 Å². The minimum absolute atomic E-state index is 0.248. The van der Waals surface area contributed by atoms with Gasteiger partial charge in [0.25, 0.3) is 0 Å². The maximum absolute atomic E-state index is 5.81. The minimum Gasteiger partial charge on any atom is -0.383 e. The summed E-state index contributed by atoms with van der Waals surface area (Å²) >= 11 is 0. The molecule has 0 aliphatic carbocycles. The van der Waals surface area contributed by atoms with Gasteiger partial charge >= 0.3 is 0 Å². The fourth-order valence-corrected chi connectivity index (χ4v) is 4.23. The molecule has 2 aromatic rings. The topological polar surface area (TPSA) is 87.5 Å². The molecule has 0 spiro atoms. The van der Waals surface area contributed by atoms with Gasteiger partial charge in [-0.05, 0) is 31.5 Å². The smallest absolute Gasteiger partial charge is 0.223 e. The third-order valence-electron chi connectivity index (χ3n) is 5.71. The number of anilines is 3. The molecule has 1 aromatic carbocycles. The van der Waals surface area contributed by atoms with Crippen LogP contribution in [0, 0.1) is 0 Å². The molecule has 0 radical (unpaired) electrons. The first-order chi connectivity index (χ1) is 13.2. The molecule has 144 valence electrons. The molecule has 3 heterocycles. The van der Waals surface area contributed by atoms with Crippen molar-refractivity contribution in [2.24, 2.45) is 0 Å². The van der Waals surface area contributed by atoms with E-state index in [0.717, 1.165) is 38.5 Å². The summed E-state index contributed by atoms with van der Waals surface area (Å²) in [6, 6.07) is 13.3. The van der Waals surface area contributed by atoms with Gasteiger partial charge in [0.1, 0.15) is 11.6 Å². The van der Waals surface area contributed by atoms with Crippen LogP contribution in [0.15, 0.2) is 36.4 Å². The summed E-state index contributed by atoms with van der Waals surface area (Å²) in [7, 11) is 0. The summed E-state index contributed by atoms with van der Waals surface area (Å²) in [5, 5.41) is 0. The summed E-state index contributed by atoms with van der Waals surface area (Å²) in [6.07, 6.45) is 2.50. The number of rotatable bonds is 4. The molecule has 0 atom stereocenters. The maximum atomic E-state index is 5.81. The van der Waals surface area contributed by atoms with Crippen molar-refractivity contribution in [3.8, 4) is 0 Å². The van der Waals surface area contributed by atoms with Gasteiger partial charge in [-0.3, -0.25) is 9.80 Å². The zero-order valence-electron chi connectivity index (χ0n) is 15.8. The van der Waals surface area contributed by atoms with Crippen LogP contribution in [0.3, 0.4) is 0 Å². The number of likely N-dealkylation sites (tertiary alicyclic amines) is 1. The Morgan fingerprint density at radius 3 is 2.26 bits per heavy atom. The zero-order valence-corrected chi connectivity index (χ0v) is 15.8. The minimum atomic E-state index is 0.248. The van der Waals surface area contributed by atoms with Crippen molar-refractivity contribution in [1.82, 2.24) is 19.8 Å². The monoisotopic (exact) mass is 367 g/mol. The number of nitrogen functional groups attached to an aromatic ring is 2. The lowest BCUT2D eigenvalue weighted by molar-refractivity contribution is 0.0997. The predicted molar refractivity (Wildman–Crippen MR) is 109 cm³/mol. The standard InChI is InChI=1S/C20H29N7/c21-18-14-19(24-20(22)23-18)27-12-10-26(11-13-27)17-6-8-25(9-7-17)15-16-4-2-1-3-5-16/h1-5,14,17H,6-13,15H2,(H4,21,22,23,24). The van der Waals surface area contributed by atoms with Gasteiger partial charge in [-0.2, -0.15) is 9.97 Å². The summed E-state index contributed by atoms with van der Waals surface area (Å²) in [5.74, 6) is 1.53. The second kappa shape index (κ2) is 8.10. The largest absolute Gasteiger partial charge is 0.383 e. The highest BCUT2D eigenvalue weighted by molar-refractivity contribution is 5.50. The quantitative estimate of drug-likeness (QED) is 0.845. The van der Waals surface area contributed by atoms with E-state index in [-0.39, 0.29) is 5.95 Å². The molecular weight excluding hydrogens is 338 g/mol. The molecule has 2 aliphatic rings. The van der Waals surface area contributed by atoms with Crippen molar-refractivity contribution in [2.45, 2.75) is 25.4 Å². The number of piperidine rings is 1. The van der Waals surface area contributed by atoms with Crippen molar-refractivity contribution in [2.75, 3.05) is 55.6 Å².